The lowest BCUT2D eigenvalue weighted by atomic mass is 9.94. The molecule has 27 heavy (non-hydrogen) atoms. The van der Waals surface area contributed by atoms with Crippen molar-refractivity contribution in [2.45, 2.75) is 31.7 Å². The molecule has 5 rings (SSSR count). The van der Waals surface area contributed by atoms with Gasteiger partial charge in [0.05, 0.1) is 11.9 Å². The van der Waals surface area contributed by atoms with Gasteiger partial charge >= 0.3 is 0 Å². The van der Waals surface area contributed by atoms with E-state index in [0.29, 0.717) is 49.2 Å². The Morgan fingerprint density at radius 3 is 2.85 bits per heavy atom. The quantitative estimate of drug-likeness (QED) is 0.847. The summed E-state index contributed by atoms with van der Waals surface area (Å²) in [4.78, 5) is 41.7. The summed E-state index contributed by atoms with van der Waals surface area (Å²) in [6, 6.07) is 0.0670. The summed E-state index contributed by atoms with van der Waals surface area (Å²) in [6.07, 6.45) is 7.58. The molecule has 9 heteroatoms. The first-order chi connectivity index (χ1) is 13.1. The van der Waals surface area contributed by atoms with Crippen molar-refractivity contribution < 1.29 is 9.59 Å². The molecule has 142 valence electrons. The Kier molecular flexibility index (Phi) is 5.02. The third-order valence-electron chi connectivity index (χ3n) is 5.27. The number of nitrogens with two attached hydrogens (primary N) is 1. The zero-order valence-corrected chi connectivity index (χ0v) is 15.8. The van der Waals surface area contributed by atoms with E-state index in [1.807, 2.05) is 15.2 Å². The molecule has 2 N–H and O–H groups in total. The van der Waals surface area contributed by atoms with Crippen LogP contribution in [0, 0.1) is 5.92 Å². The maximum atomic E-state index is 12.8. The van der Waals surface area contributed by atoms with Crippen molar-refractivity contribution in [3.05, 3.63) is 35.4 Å². The number of carbonyl (C=O) groups is 2. The molecule has 5 heterocycles. The number of amides is 2. The number of piperidine rings is 1. The molecule has 2 aromatic rings. The highest BCUT2D eigenvalue weighted by Crippen LogP contribution is 2.29. The van der Waals surface area contributed by atoms with Crippen LogP contribution in [0.2, 0.25) is 0 Å². The summed E-state index contributed by atoms with van der Waals surface area (Å²) < 4.78 is 0. The highest BCUT2D eigenvalue weighted by atomic mass is 32.1. The van der Waals surface area contributed by atoms with Gasteiger partial charge in [-0.15, -0.1) is 11.3 Å². The lowest BCUT2D eigenvalue weighted by Gasteiger charge is -2.36. The Morgan fingerprint density at radius 1 is 1.22 bits per heavy atom. The summed E-state index contributed by atoms with van der Waals surface area (Å²) in [6.45, 7) is 1.94. The molecule has 0 spiro atoms. The van der Waals surface area contributed by atoms with Gasteiger partial charge in [-0.3, -0.25) is 14.6 Å². The van der Waals surface area contributed by atoms with Gasteiger partial charge in [0.1, 0.15) is 5.69 Å². The van der Waals surface area contributed by atoms with Crippen LogP contribution in [0.3, 0.4) is 0 Å². The summed E-state index contributed by atoms with van der Waals surface area (Å²) in [7, 11) is 0. The summed E-state index contributed by atoms with van der Waals surface area (Å²) in [5, 5.41) is 2.43. The Hall–Kier alpha value is -2.55. The smallest absolute Gasteiger partial charge is 0.274 e. The van der Waals surface area contributed by atoms with Crippen LogP contribution in [-0.4, -0.2) is 62.2 Å². The monoisotopic (exact) mass is 386 g/mol. The van der Waals surface area contributed by atoms with E-state index in [0.717, 1.165) is 18.5 Å². The second-order valence-corrected chi connectivity index (χ2v) is 8.01. The van der Waals surface area contributed by atoms with E-state index in [-0.39, 0.29) is 17.9 Å². The Labute approximate surface area is 161 Å². The van der Waals surface area contributed by atoms with E-state index < -0.39 is 0 Å². The number of hydrogen-bond acceptors (Lipinski definition) is 7. The van der Waals surface area contributed by atoms with Crippen LogP contribution in [-0.2, 0) is 11.2 Å². The Bertz CT molecular complexity index is 826. The molecule has 3 fully saturated rings. The molecule has 3 aliphatic rings. The van der Waals surface area contributed by atoms with Crippen LogP contribution >= 0.6 is 11.3 Å². The van der Waals surface area contributed by atoms with Gasteiger partial charge in [0.15, 0.2) is 5.13 Å². The lowest BCUT2D eigenvalue weighted by Crippen LogP contribution is -2.47. The molecule has 0 unspecified atom stereocenters. The van der Waals surface area contributed by atoms with Gasteiger partial charge in [-0.25, -0.2) is 9.97 Å². The van der Waals surface area contributed by atoms with Crippen LogP contribution in [0.15, 0.2) is 24.0 Å². The van der Waals surface area contributed by atoms with Crippen LogP contribution < -0.4 is 5.73 Å². The van der Waals surface area contributed by atoms with E-state index >= 15 is 0 Å². The molecule has 0 saturated carbocycles. The van der Waals surface area contributed by atoms with Gasteiger partial charge in [0.25, 0.3) is 5.91 Å². The fourth-order valence-corrected chi connectivity index (χ4v) is 4.54. The number of nitrogen functional groups attached to an aromatic ring is 1. The maximum absolute atomic E-state index is 12.8. The van der Waals surface area contributed by atoms with E-state index in [2.05, 4.69) is 15.0 Å². The highest BCUT2D eigenvalue weighted by Gasteiger charge is 2.38. The topological polar surface area (TPSA) is 105 Å². The SMILES string of the molecule is Nc1nc(CCC(=O)N2C[C@H]3CC[C@@H]2CN(C(=O)c2cnccn2)C3)cs1. The van der Waals surface area contributed by atoms with Gasteiger partial charge in [0.2, 0.25) is 5.91 Å². The lowest BCUT2D eigenvalue weighted by molar-refractivity contribution is -0.135. The molecule has 0 aliphatic carbocycles. The molecule has 0 radical (unpaired) electrons. The van der Waals surface area contributed by atoms with Crippen molar-refractivity contribution in [2.24, 2.45) is 5.92 Å². The number of aryl methyl sites for hydroxylation is 1. The molecular weight excluding hydrogens is 364 g/mol. The fourth-order valence-electron chi connectivity index (χ4n) is 3.94. The molecule has 2 atom stereocenters. The van der Waals surface area contributed by atoms with Crippen LogP contribution in [0.1, 0.15) is 35.4 Å². The van der Waals surface area contributed by atoms with Crippen molar-refractivity contribution in [3.63, 3.8) is 0 Å². The first-order valence-corrected chi connectivity index (χ1v) is 10.0. The van der Waals surface area contributed by atoms with Gasteiger partial charge < -0.3 is 15.5 Å². The predicted molar refractivity (Wildman–Crippen MR) is 101 cm³/mol. The summed E-state index contributed by atoms with van der Waals surface area (Å²) in [5.41, 5.74) is 6.88. The van der Waals surface area contributed by atoms with Crippen LogP contribution in [0.5, 0.6) is 0 Å². The molecular formula is C18H22N6O2S. The Balaban J connectivity index is 1.42. The van der Waals surface area contributed by atoms with Crippen molar-refractivity contribution in [1.29, 1.82) is 0 Å². The first kappa shape index (κ1) is 17.8. The molecule has 3 saturated heterocycles. The average molecular weight is 386 g/mol. The maximum Gasteiger partial charge on any atom is 0.274 e. The van der Waals surface area contributed by atoms with E-state index in [9.17, 15) is 9.59 Å². The molecule has 2 aromatic heterocycles. The summed E-state index contributed by atoms with van der Waals surface area (Å²) in [5.74, 6) is 0.334. The van der Waals surface area contributed by atoms with Gasteiger partial charge in [-0.05, 0) is 25.2 Å². The van der Waals surface area contributed by atoms with Gasteiger partial charge in [0, 0.05) is 49.9 Å². The first-order valence-electron chi connectivity index (χ1n) is 9.15. The average Bonchev–Trinajstić information content (AvgIpc) is 2.91. The fraction of sp³-hybridized carbons (Fsp3) is 0.500. The minimum absolute atomic E-state index is 0.0670. The number of nitrogens with zero attached hydrogens (tertiary/aromatic N) is 5. The van der Waals surface area contributed by atoms with Crippen LogP contribution in [0.4, 0.5) is 5.13 Å². The molecule has 0 aromatic carbocycles. The minimum Gasteiger partial charge on any atom is -0.375 e. The molecule has 2 bridgehead atoms. The van der Waals surface area contributed by atoms with E-state index in [4.69, 9.17) is 5.73 Å². The number of fused-ring (bicyclic) bond motifs is 4. The van der Waals surface area contributed by atoms with Gasteiger partial charge in [-0.2, -0.15) is 0 Å². The summed E-state index contributed by atoms with van der Waals surface area (Å²) >= 11 is 1.40. The van der Waals surface area contributed by atoms with Crippen molar-refractivity contribution in [1.82, 2.24) is 24.8 Å². The normalized spacial score (nSPS) is 21.9. The zero-order chi connectivity index (χ0) is 18.8. The van der Waals surface area contributed by atoms with Crippen LogP contribution in [0.25, 0.3) is 0 Å². The number of rotatable bonds is 4. The van der Waals surface area contributed by atoms with Crippen molar-refractivity contribution >= 4 is 28.3 Å². The highest BCUT2D eigenvalue weighted by molar-refractivity contribution is 7.13. The second kappa shape index (κ2) is 7.59. The van der Waals surface area contributed by atoms with E-state index in [1.54, 1.807) is 6.20 Å². The van der Waals surface area contributed by atoms with Crippen molar-refractivity contribution in [2.75, 3.05) is 25.4 Å². The number of hydrogen-bond donors (Lipinski definition) is 1. The number of thiazole rings is 1. The standard InChI is InChI=1S/C18H22N6O2S/c19-18-22-13(11-27-18)2-4-16(25)24-9-12-1-3-14(24)10-23(8-12)17(26)15-7-20-5-6-21-15/h5-7,11-12,14H,1-4,8-10H2,(H2,19,22)/t12-,14+/m0/s1. The minimum atomic E-state index is -0.104. The molecule has 3 aliphatic heterocycles. The third kappa shape index (κ3) is 3.92. The molecule has 2 amide bonds. The number of anilines is 1. The number of carbonyl (C=O) groups excluding carboxylic acids is 2. The predicted octanol–water partition coefficient (Wildman–Crippen LogP) is 1.21. The Morgan fingerprint density at radius 2 is 2.11 bits per heavy atom. The third-order valence-corrected chi connectivity index (χ3v) is 5.99. The molecule has 8 nitrogen and oxygen atoms in total. The zero-order valence-electron chi connectivity index (χ0n) is 15.0. The van der Waals surface area contributed by atoms with E-state index in [1.165, 1.54) is 23.7 Å². The van der Waals surface area contributed by atoms with Gasteiger partial charge in [-0.1, -0.05) is 0 Å². The number of aromatic nitrogens is 3. The largest absolute Gasteiger partial charge is 0.375 e. The second-order valence-electron chi connectivity index (χ2n) is 7.12. The van der Waals surface area contributed by atoms with Crippen molar-refractivity contribution in [3.8, 4) is 0 Å².